The zero-order valence-corrected chi connectivity index (χ0v) is 9.53. The summed E-state index contributed by atoms with van der Waals surface area (Å²) in [6.45, 7) is 4.50. The fraction of sp³-hybridized carbons (Fsp3) is 0.308. The Morgan fingerprint density at radius 2 is 2.25 bits per heavy atom. The summed E-state index contributed by atoms with van der Waals surface area (Å²) in [5, 5.41) is 9.37. The van der Waals surface area contributed by atoms with Gasteiger partial charge in [0.2, 0.25) is 0 Å². The minimum absolute atomic E-state index is 0.108. The zero-order valence-electron chi connectivity index (χ0n) is 9.53. The first-order valence-corrected chi connectivity index (χ1v) is 5.12. The Hall–Kier alpha value is -1.95. The Bertz CT molecular complexity index is 432. The van der Waals surface area contributed by atoms with E-state index in [0.29, 0.717) is 24.2 Å². The van der Waals surface area contributed by atoms with Crippen LogP contribution in [-0.2, 0) is 0 Å². The Morgan fingerprint density at radius 3 is 2.75 bits per heavy atom. The molecule has 16 heavy (non-hydrogen) atoms. The first kappa shape index (κ1) is 12.1. The Labute approximate surface area is 95.7 Å². The van der Waals surface area contributed by atoms with Crippen molar-refractivity contribution < 1.29 is 9.90 Å². The summed E-state index contributed by atoms with van der Waals surface area (Å²) in [6, 6.07) is 4.78. The molecule has 1 amide bonds. The third kappa shape index (κ3) is 2.54. The van der Waals surface area contributed by atoms with Gasteiger partial charge in [-0.25, -0.2) is 0 Å². The van der Waals surface area contributed by atoms with Crippen molar-refractivity contribution >= 4 is 5.91 Å². The van der Waals surface area contributed by atoms with Crippen molar-refractivity contribution in [1.82, 2.24) is 4.90 Å². The predicted molar refractivity (Wildman–Crippen MR) is 63.3 cm³/mol. The number of benzene rings is 1. The van der Waals surface area contributed by atoms with Crippen molar-refractivity contribution in [2.24, 2.45) is 0 Å². The molecule has 0 spiro atoms. The van der Waals surface area contributed by atoms with Gasteiger partial charge in [-0.3, -0.25) is 4.79 Å². The molecule has 0 fully saturated rings. The molecule has 1 rings (SSSR count). The largest absolute Gasteiger partial charge is 0.508 e. The van der Waals surface area contributed by atoms with Gasteiger partial charge in [0, 0.05) is 12.1 Å². The first-order valence-electron chi connectivity index (χ1n) is 5.12. The van der Waals surface area contributed by atoms with E-state index in [4.69, 9.17) is 6.42 Å². The summed E-state index contributed by atoms with van der Waals surface area (Å²) in [7, 11) is 0. The van der Waals surface area contributed by atoms with E-state index in [9.17, 15) is 9.90 Å². The number of phenolic OH excluding ortho intramolecular Hbond substituents is 1. The molecule has 1 N–H and O–H groups in total. The molecule has 84 valence electrons. The standard InChI is InChI=1S/C13H15NO2/c1-4-8-14(5-2)13(16)11-6-7-12(15)10(3)9-11/h1,6-7,9,15H,5,8H2,2-3H3. The lowest BCUT2D eigenvalue weighted by Gasteiger charge is -2.18. The number of amides is 1. The van der Waals surface area contributed by atoms with Gasteiger partial charge in [-0.1, -0.05) is 5.92 Å². The summed E-state index contributed by atoms with van der Waals surface area (Å²) in [5.74, 6) is 2.53. The highest BCUT2D eigenvalue weighted by molar-refractivity contribution is 5.94. The van der Waals surface area contributed by atoms with Crippen molar-refractivity contribution in [1.29, 1.82) is 0 Å². The highest BCUT2D eigenvalue weighted by atomic mass is 16.3. The molecule has 1 aromatic carbocycles. The average molecular weight is 217 g/mol. The topological polar surface area (TPSA) is 40.5 Å². The van der Waals surface area contributed by atoms with E-state index >= 15 is 0 Å². The lowest BCUT2D eigenvalue weighted by Crippen LogP contribution is -2.31. The molecule has 0 unspecified atom stereocenters. The number of hydrogen-bond donors (Lipinski definition) is 1. The zero-order chi connectivity index (χ0) is 12.1. The summed E-state index contributed by atoms with van der Waals surface area (Å²) >= 11 is 0. The lowest BCUT2D eigenvalue weighted by atomic mass is 10.1. The van der Waals surface area contributed by atoms with Crippen LogP contribution in [0.4, 0.5) is 0 Å². The van der Waals surface area contributed by atoms with E-state index in [-0.39, 0.29) is 11.7 Å². The number of carbonyl (C=O) groups excluding carboxylic acids is 1. The number of aromatic hydroxyl groups is 1. The molecule has 0 saturated heterocycles. The molecule has 3 heteroatoms. The van der Waals surface area contributed by atoms with Crippen LogP contribution in [-0.4, -0.2) is 29.0 Å². The van der Waals surface area contributed by atoms with Crippen LogP contribution in [0.1, 0.15) is 22.8 Å². The third-order valence-corrected chi connectivity index (χ3v) is 2.39. The van der Waals surface area contributed by atoms with Crippen LogP contribution in [0.15, 0.2) is 18.2 Å². The van der Waals surface area contributed by atoms with E-state index in [0.717, 1.165) is 0 Å². The maximum absolute atomic E-state index is 12.0. The minimum Gasteiger partial charge on any atom is -0.508 e. The molecule has 0 aliphatic rings. The fourth-order valence-corrected chi connectivity index (χ4v) is 1.41. The number of aryl methyl sites for hydroxylation is 1. The molecule has 0 bridgehead atoms. The van der Waals surface area contributed by atoms with Gasteiger partial charge in [0.1, 0.15) is 5.75 Å². The highest BCUT2D eigenvalue weighted by Gasteiger charge is 2.13. The SMILES string of the molecule is C#CCN(CC)C(=O)c1ccc(O)c(C)c1. The van der Waals surface area contributed by atoms with E-state index in [1.807, 2.05) is 6.92 Å². The van der Waals surface area contributed by atoms with E-state index in [1.165, 1.54) is 6.07 Å². The molecule has 0 aliphatic heterocycles. The van der Waals surface area contributed by atoms with Gasteiger partial charge in [0.15, 0.2) is 0 Å². The van der Waals surface area contributed by atoms with Gasteiger partial charge in [0.25, 0.3) is 5.91 Å². The van der Waals surface area contributed by atoms with Crippen LogP contribution < -0.4 is 0 Å². The van der Waals surface area contributed by atoms with E-state index < -0.39 is 0 Å². The quantitative estimate of drug-likeness (QED) is 0.784. The van der Waals surface area contributed by atoms with Crippen LogP contribution >= 0.6 is 0 Å². The second kappa shape index (κ2) is 5.22. The van der Waals surface area contributed by atoms with Crippen molar-refractivity contribution in [2.45, 2.75) is 13.8 Å². The molecule has 0 radical (unpaired) electrons. The monoisotopic (exact) mass is 217 g/mol. The maximum Gasteiger partial charge on any atom is 0.254 e. The summed E-state index contributed by atoms with van der Waals surface area (Å²) in [4.78, 5) is 13.6. The van der Waals surface area contributed by atoms with Crippen LogP contribution in [0.3, 0.4) is 0 Å². The molecule has 1 aromatic rings. The smallest absolute Gasteiger partial charge is 0.254 e. The summed E-state index contributed by atoms with van der Waals surface area (Å²) in [5.41, 5.74) is 1.23. The molecular weight excluding hydrogens is 202 g/mol. The number of rotatable bonds is 3. The maximum atomic E-state index is 12.0. The van der Waals surface area contributed by atoms with Crippen molar-refractivity contribution in [3.05, 3.63) is 29.3 Å². The molecule has 3 nitrogen and oxygen atoms in total. The lowest BCUT2D eigenvalue weighted by molar-refractivity contribution is 0.0785. The first-order chi connectivity index (χ1) is 7.60. The van der Waals surface area contributed by atoms with Crippen LogP contribution in [0.2, 0.25) is 0 Å². The molecule has 0 aliphatic carbocycles. The van der Waals surface area contributed by atoms with Crippen molar-refractivity contribution in [3.8, 4) is 18.1 Å². The molecule has 0 heterocycles. The average Bonchev–Trinajstić information content (AvgIpc) is 2.28. The Kier molecular flexibility index (Phi) is 3.96. The van der Waals surface area contributed by atoms with E-state index in [1.54, 1.807) is 24.0 Å². The van der Waals surface area contributed by atoms with Gasteiger partial charge < -0.3 is 10.0 Å². The number of hydrogen-bond acceptors (Lipinski definition) is 2. The van der Waals surface area contributed by atoms with E-state index in [2.05, 4.69) is 5.92 Å². The summed E-state index contributed by atoms with van der Waals surface area (Å²) in [6.07, 6.45) is 5.19. The fourth-order valence-electron chi connectivity index (χ4n) is 1.41. The number of terminal acetylenes is 1. The normalized spacial score (nSPS) is 9.56. The minimum atomic E-state index is -0.108. The van der Waals surface area contributed by atoms with Crippen LogP contribution in [0.5, 0.6) is 5.75 Å². The van der Waals surface area contributed by atoms with Crippen LogP contribution in [0, 0.1) is 19.3 Å². The van der Waals surface area contributed by atoms with Gasteiger partial charge >= 0.3 is 0 Å². The second-order valence-corrected chi connectivity index (χ2v) is 3.52. The third-order valence-electron chi connectivity index (χ3n) is 2.39. The van der Waals surface area contributed by atoms with Gasteiger partial charge in [-0.2, -0.15) is 0 Å². The van der Waals surface area contributed by atoms with Gasteiger partial charge in [-0.05, 0) is 37.6 Å². The number of phenols is 1. The van der Waals surface area contributed by atoms with Gasteiger partial charge in [0.05, 0.1) is 6.54 Å². The Morgan fingerprint density at radius 1 is 1.56 bits per heavy atom. The molecule has 0 aromatic heterocycles. The molecular formula is C13H15NO2. The highest BCUT2D eigenvalue weighted by Crippen LogP contribution is 2.17. The molecule has 0 atom stereocenters. The predicted octanol–water partition coefficient (Wildman–Crippen LogP) is 1.80. The Balaban J connectivity index is 2.95. The number of carbonyl (C=O) groups is 1. The summed E-state index contributed by atoms with van der Waals surface area (Å²) < 4.78 is 0. The van der Waals surface area contributed by atoms with Crippen LogP contribution in [0.25, 0.3) is 0 Å². The molecule has 0 saturated carbocycles. The van der Waals surface area contributed by atoms with Crippen molar-refractivity contribution in [3.63, 3.8) is 0 Å². The van der Waals surface area contributed by atoms with Gasteiger partial charge in [-0.15, -0.1) is 6.42 Å². The second-order valence-electron chi connectivity index (χ2n) is 3.52. The van der Waals surface area contributed by atoms with Crippen molar-refractivity contribution in [2.75, 3.05) is 13.1 Å². The number of nitrogens with zero attached hydrogens (tertiary/aromatic N) is 1.